The number of hydrogen-bond donors (Lipinski definition) is 0. The average molecular weight is 365 g/mol. The number of benzene rings is 1. The average Bonchev–Trinajstić information content (AvgIpc) is 3.03. The van der Waals surface area contributed by atoms with Crippen LogP contribution in [-0.4, -0.2) is 39.4 Å². The molecule has 9 heteroatoms. The van der Waals surface area contributed by atoms with Gasteiger partial charge in [-0.25, -0.2) is 19.0 Å². The standard InChI is InChI=1S/C17H18F3N5O/c1-3-7-24(4-2)15-12-9-23-25(16(12)22-10-21-15)13-6-5-11(18)8-14(13)26-17(19)20/h5-6,8-10,17H,3-4,7H2,1-2H3. The number of hydrogen-bond acceptors (Lipinski definition) is 5. The lowest BCUT2D eigenvalue weighted by Crippen LogP contribution is -2.24. The molecule has 6 nitrogen and oxygen atoms in total. The molecule has 1 aromatic carbocycles. The maximum absolute atomic E-state index is 13.5. The Kier molecular flexibility index (Phi) is 5.24. The Bertz CT molecular complexity index is 899. The summed E-state index contributed by atoms with van der Waals surface area (Å²) in [6.07, 6.45) is 3.90. The molecule has 0 amide bonds. The van der Waals surface area contributed by atoms with Crippen molar-refractivity contribution in [3.05, 3.63) is 36.5 Å². The van der Waals surface area contributed by atoms with Crippen LogP contribution in [0.5, 0.6) is 5.75 Å². The van der Waals surface area contributed by atoms with Gasteiger partial charge in [-0.2, -0.15) is 13.9 Å². The molecule has 138 valence electrons. The van der Waals surface area contributed by atoms with Crippen LogP contribution in [0.1, 0.15) is 20.3 Å². The molecule has 3 aromatic rings. The van der Waals surface area contributed by atoms with E-state index < -0.39 is 12.4 Å². The van der Waals surface area contributed by atoms with Gasteiger partial charge in [-0.3, -0.25) is 0 Å². The van der Waals surface area contributed by atoms with Gasteiger partial charge in [0.15, 0.2) is 11.4 Å². The molecule has 0 aliphatic carbocycles. The van der Waals surface area contributed by atoms with Gasteiger partial charge < -0.3 is 9.64 Å². The fraction of sp³-hybridized carbons (Fsp3) is 0.353. The Morgan fingerprint density at radius 1 is 1.23 bits per heavy atom. The number of fused-ring (bicyclic) bond motifs is 1. The van der Waals surface area contributed by atoms with Gasteiger partial charge in [0, 0.05) is 19.2 Å². The van der Waals surface area contributed by atoms with Crippen LogP contribution < -0.4 is 9.64 Å². The molecule has 2 heterocycles. The van der Waals surface area contributed by atoms with Crippen LogP contribution in [0.3, 0.4) is 0 Å². The molecular weight excluding hydrogens is 347 g/mol. The predicted molar refractivity (Wildman–Crippen MR) is 91.4 cm³/mol. The van der Waals surface area contributed by atoms with Gasteiger partial charge >= 0.3 is 6.61 Å². The first-order valence-electron chi connectivity index (χ1n) is 8.23. The molecule has 0 radical (unpaired) electrons. The molecule has 26 heavy (non-hydrogen) atoms. The summed E-state index contributed by atoms with van der Waals surface area (Å²) in [5.41, 5.74) is 0.597. The van der Waals surface area contributed by atoms with Crippen molar-refractivity contribution >= 4 is 16.9 Å². The third kappa shape index (κ3) is 3.42. The fourth-order valence-corrected chi connectivity index (χ4v) is 2.80. The minimum Gasteiger partial charge on any atom is -0.432 e. The summed E-state index contributed by atoms with van der Waals surface area (Å²) in [5, 5.41) is 4.92. The van der Waals surface area contributed by atoms with Crippen molar-refractivity contribution in [3.63, 3.8) is 0 Å². The molecular formula is C17H18F3N5O. The van der Waals surface area contributed by atoms with Crippen LogP contribution in [0.25, 0.3) is 16.7 Å². The highest BCUT2D eigenvalue weighted by Gasteiger charge is 2.19. The predicted octanol–water partition coefficient (Wildman–Crippen LogP) is 3.79. The SMILES string of the molecule is CCCN(CC)c1ncnc2c1cnn2-c1ccc(F)cc1OC(F)F. The summed E-state index contributed by atoms with van der Waals surface area (Å²) >= 11 is 0. The molecule has 0 aliphatic heterocycles. The fourth-order valence-electron chi connectivity index (χ4n) is 2.80. The maximum atomic E-state index is 13.5. The first kappa shape index (κ1) is 18.0. The van der Waals surface area contributed by atoms with Gasteiger partial charge in [0.2, 0.25) is 0 Å². The third-order valence-electron chi connectivity index (χ3n) is 3.89. The lowest BCUT2D eigenvalue weighted by Gasteiger charge is -2.21. The van der Waals surface area contributed by atoms with Crippen LogP contribution in [0, 0.1) is 5.82 Å². The molecule has 0 unspecified atom stereocenters. The molecule has 0 saturated heterocycles. The largest absolute Gasteiger partial charge is 0.432 e. The molecule has 2 aromatic heterocycles. The van der Waals surface area contributed by atoms with E-state index in [0.29, 0.717) is 16.9 Å². The summed E-state index contributed by atoms with van der Waals surface area (Å²) in [6, 6.07) is 3.37. The lowest BCUT2D eigenvalue weighted by atomic mass is 10.2. The van der Waals surface area contributed by atoms with Crippen LogP contribution in [0.15, 0.2) is 30.7 Å². The van der Waals surface area contributed by atoms with Crippen molar-refractivity contribution in [2.75, 3.05) is 18.0 Å². The zero-order chi connectivity index (χ0) is 18.7. The van der Waals surface area contributed by atoms with E-state index >= 15 is 0 Å². The van der Waals surface area contributed by atoms with Crippen molar-refractivity contribution in [3.8, 4) is 11.4 Å². The van der Waals surface area contributed by atoms with Crippen LogP contribution in [0.2, 0.25) is 0 Å². The number of rotatable bonds is 7. The Labute approximate surface area is 148 Å². The van der Waals surface area contributed by atoms with E-state index in [1.54, 1.807) is 6.20 Å². The zero-order valence-electron chi connectivity index (χ0n) is 14.4. The van der Waals surface area contributed by atoms with Gasteiger partial charge in [-0.15, -0.1) is 0 Å². The number of aromatic nitrogens is 4. The molecule has 0 atom stereocenters. The number of anilines is 1. The molecule has 0 fully saturated rings. The molecule has 3 rings (SSSR count). The van der Waals surface area contributed by atoms with Crippen LogP contribution in [-0.2, 0) is 0 Å². The van der Waals surface area contributed by atoms with Gasteiger partial charge in [-0.1, -0.05) is 6.92 Å². The van der Waals surface area contributed by atoms with Crippen molar-refractivity contribution in [1.82, 2.24) is 19.7 Å². The first-order chi connectivity index (χ1) is 12.5. The summed E-state index contributed by atoms with van der Waals surface area (Å²) in [4.78, 5) is 10.6. The number of alkyl halides is 2. The van der Waals surface area contributed by atoms with E-state index in [4.69, 9.17) is 0 Å². The van der Waals surface area contributed by atoms with E-state index in [1.807, 2.05) is 6.92 Å². The second-order valence-electron chi connectivity index (χ2n) is 5.56. The van der Waals surface area contributed by atoms with E-state index in [2.05, 4.69) is 31.6 Å². The summed E-state index contributed by atoms with van der Waals surface area (Å²) < 4.78 is 44.6. The molecule has 0 spiro atoms. The number of ether oxygens (including phenoxy) is 1. The quantitative estimate of drug-likeness (QED) is 0.638. The third-order valence-corrected chi connectivity index (χ3v) is 3.89. The molecule has 0 aliphatic rings. The van der Waals surface area contributed by atoms with E-state index in [0.717, 1.165) is 31.6 Å². The van der Waals surface area contributed by atoms with Crippen molar-refractivity contribution in [2.24, 2.45) is 0 Å². The Hall–Kier alpha value is -2.84. The molecule has 0 N–H and O–H groups in total. The van der Waals surface area contributed by atoms with E-state index in [1.165, 1.54) is 17.1 Å². The summed E-state index contributed by atoms with van der Waals surface area (Å²) in [5.74, 6) is -0.286. The summed E-state index contributed by atoms with van der Waals surface area (Å²) in [7, 11) is 0. The van der Waals surface area contributed by atoms with Gasteiger partial charge in [-0.05, 0) is 25.5 Å². The Morgan fingerprint density at radius 2 is 2.04 bits per heavy atom. The van der Waals surface area contributed by atoms with E-state index in [-0.39, 0.29) is 11.4 Å². The van der Waals surface area contributed by atoms with Crippen molar-refractivity contribution in [1.29, 1.82) is 0 Å². The maximum Gasteiger partial charge on any atom is 0.387 e. The monoisotopic (exact) mass is 365 g/mol. The second kappa shape index (κ2) is 7.59. The Morgan fingerprint density at radius 3 is 2.73 bits per heavy atom. The topological polar surface area (TPSA) is 56.1 Å². The molecule has 0 bridgehead atoms. The lowest BCUT2D eigenvalue weighted by molar-refractivity contribution is -0.0500. The summed E-state index contributed by atoms with van der Waals surface area (Å²) in [6.45, 7) is 2.56. The highest BCUT2D eigenvalue weighted by atomic mass is 19.3. The Balaban J connectivity index is 2.13. The zero-order valence-corrected chi connectivity index (χ0v) is 14.4. The van der Waals surface area contributed by atoms with Gasteiger partial charge in [0.25, 0.3) is 0 Å². The minimum absolute atomic E-state index is 0.171. The van der Waals surface area contributed by atoms with E-state index in [9.17, 15) is 13.2 Å². The number of nitrogens with zero attached hydrogens (tertiary/aromatic N) is 5. The van der Waals surface area contributed by atoms with Crippen molar-refractivity contribution in [2.45, 2.75) is 26.9 Å². The highest BCUT2D eigenvalue weighted by molar-refractivity contribution is 5.87. The smallest absolute Gasteiger partial charge is 0.387 e. The number of halogens is 3. The molecule has 0 saturated carbocycles. The minimum atomic E-state index is -3.08. The van der Waals surface area contributed by atoms with Crippen molar-refractivity contribution < 1.29 is 17.9 Å². The highest BCUT2D eigenvalue weighted by Crippen LogP contribution is 2.30. The van der Waals surface area contributed by atoms with Crippen LogP contribution >= 0.6 is 0 Å². The van der Waals surface area contributed by atoms with Crippen LogP contribution in [0.4, 0.5) is 19.0 Å². The second-order valence-corrected chi connectivity index (χ2v) is 5.56. The van der Waals surface area contributed by atoms with Gasteiger partial charge in [0.05, 0.1) is 11.6 Å². The van der Waals surface area contributed by atoms with Gasteiger partial charge in [0.1, 0.15) is 23.6 Å². The normalized spacial score (nSPS) is 11.3. The first-order valence-corrected chi connectivity index (χ1v) is 8.23.